The zero-order chi connectivity index (χ0) is 15.0. The average Bonchev–Trinajstić information content (AvgIpc) is 3.17. The summed E-state index contributed by atoms with van der Waals surface area (Å²) in [6.45, 7) is 0. The zero-order valence-electron chi connectivity index (χ0n) is 11.2. The monoisotopic (exact) mass is 322 g/mol. The fraction of sp³-hybridized carbons (Fsp3) is 0.200. The van der Waals surface area contributed by atoms with Crippen molar-refractivity contribution in [1.82, 2.24) is 4.72 Å². The predicted octanol–water partition coefficient (Wildman–Crippen LogP) is 2.76. The minimum absolute atomic E-state index is 0.0667. The van der Waals surface area contributed by atoms with Crippen molar-refractivity contribution in [2.45, 2.75) is 23.3 Å². The van der Waals surface area contributed by atoms with Gasteiger partial charge >= 0.3 is 0 Å². The van der Waals surface area contributed by atoms with Gasteiger partial charge in [0.05, 0.1) is 5.02 Å². The van der Waals surface area contributed by atoms with Crippen LogP contribution in [0.15, 0.2) is 53.4 Å². The molecule has 4 nitrogen and oxygen atoms in total. The molecule has 1 saturated carbocycles. The van der Waals surface area contributed by atoms with E-state index in [1.807, 2.05) is 30.3 Å². The van der Waals surface area contributed by atoms with Gasteiger partial charge in [-0.25, -0.2) is 13.1 Å². The maximum atomic E-state index is 12.4. The molecular weight excluding hydrogens is 308 g/mol. The van der Waals surface area contributed by atoms with Crippen molar-refractivity contribution >= 4 is 27.3 Å². The Morgan fingerprint density at radius 1 is 1.14 bits per heavy atom. The number of nitrogens with one attached hydrogen (secondary N) is 1. The minimum atomic E-state index is -3.62. The molecular formula is C15H15ClN2O2S. The quantitative estimate of drug-likeness (QED) is 0.850. The Labute approximate surface area is 129 Å². The van der Waals surface area contributed by atoms with E-state index in [4.69, 9.17) is 17.3 Å². The molecule has 3 rings (SSSR count). The molecule has 0 spiro atoms. The fourth-order valence-electron chi connectivity index (χ4n) is 2.39. The van der Waals surface area contributed by atoms with E-state index in [9.17, 15) is 8.42 Å². The summed E-state index contributed by atoms with van der Waals surface area (Å²) >= 11 is 5.97. The summed E-state index contributed by atoms with van der Waals surface area (Å²) in [5.41, 5.74) is 7.17. The molecule has 110 valence electrons. The van der Waals surface area contributed by atoms with Crippen LogP contribution < -0.4 is 10.5 Å². The number of anilines is 1. The van der Waals surface area contributed by atoms with E-state index < -0.39 is 10.0 Å². The Kier molecular flexibility index (Phi) is 3.65. The van der Waals surface area contributed by atoms with Crippen LogP contribution in [0.1, 0.15) is 17.9 Å². The smallest absolute Gasteiger partial charge is 0.242 e. The van der Waals surface area contributed by atoms with Gasteiger partial charge in [-0.3, -0.25) is 0 Å². The molecule has 0 aliphatic heterocycles. The molecule has 0 amide bonds. The molecule has 0 heterocycles. The van der Waals surface area contributed by atoms with Crippen molar-refractivity contribution in [3.8, 4) is 0 Å². The van der Waals surface area contributed by atoms with Crippen LogP contribution in [0, 0.1) is 0 Å². The van der Waals surface area contributed by atoms with Crippen molar-refractivity contribution in [3.63, 3.8) is 0 Å². The topological polar surface area (TPSA) is 72.2 Å². The maximum absolute atomic E-state index is 12.4. The van der Waals surface area contributed by atoms with Gasteiger partial charge in [-0.05, 0) is 30.2 Å². The van der Waals surface area contributed by atoms with Gasteiger partial charge in [-0.2, -0.15) is 0 Å². The van der Waals surface area contributed by atoms with Crippen LogP contribution in [0.4, 0.5) is 5.69 Å². The molecule has 1 aliphatic carbocycles. The van der Waals surface area contributed by atoms with Gasteiger partial charge in [0.1, 0.15) is 4.90 Å². The van der Waals surface area contributed by atoms with Gasteiger partial charge in [0.15, 0.2) is 0 Å². The van der Waals surface area contributed by atoms with Gasteiger partial charge in [-0.1, -0.05) is 41.9 Å². The van der Waals surface area contributed by atoms with E-state index in [1.54, 1.807) is 0 Å². The number of benzene rings is 2. The SMILES string of the molecule is Nc1ccc(S(=O)(=O)NC2CC2c2ccccc2)c(Cl)c1. The second-order valence-electron chi connectivity index (χ2n) is 5.17. The number of nitrogen functional groups attached to an aromatic ring is 1. The summed E-state index contributed by atoms with van der Waals surface area (Å²) in [6.07, 6.45) is 0.801. The van der Waals surface area contributed by atoms with Crippen molar-refractivity contribution in [3.05, 3.63) is 59.1 Å². The lowest BCUT2D eigenvalue weighted by atomic mass is 10.1. The molecule has 0 saturated heterocycles. The highest BCUT2D eigenvalue weighted by Gasteiger charge is 2.41. The van der Waals surface area contributed by atoms with E-state index >= 15 is 0 Å². The summed E-state index contributed by atoms with van der Waals surface area (Å²) in [4.78, 5) is 0.0667. The first-order valence-corrected chi connectivity index (χ1v) is 8.46. The Bertz CT molecular complexity index is 762. The maximum Gasteiger partial charge on any atom is 0.242 e. The van der Waals surface area contributed by atoms with Crippen LogP contribution in [0.25, 0.3) is 0 Å². The van der Waals surface area contributed by atoms with Gasteiger partial charge in [0.25, 0.3) is 0 Å². The molecule has 3 N–H and O–H groups in total. The van der Waals surface area contributed by atoms with Crippen molar-refractivity contribution in [2.24, 2.45) is 0 Å². The molecule has 6 heteroatoms. The summed E-state index contributed by atoms with van der Waals surface area (Å²) in [6, 6.07) is 14.2. The number of sulfonamides is 1. The lowest BCUT2D eigenvalue weighted by Gasteiger charge is -2.08. The van der Waals surface area contributed by atoms with Crippen LogP contribution in [-0.4, -0.2) is 14.5 Å². The first kappa shape index (κ1) is 14.4. The van der Waals surface area contributed by atoms with E-state index in [0.717, 1.165) is 12.0 Å². The summed E-state index contributed by atoms with van der Waals surface area (Å²) < 4.78 is 27.4. The number of rotatable bonds is 4. The van der Waals surface area contributed by atoms with Crippen LogP contribution in [-0.2, 0) is 10.0 Å². The first-order valence-electron chi connectivity index (χ1n) is 6.60. The molecule has 0 bridgehead atoms. The summed E-state index contributed by atoms with van der Waals surface area (Å²) in [7, 11) is -3.62. The zero-order valence-corrected chi connectivity index (χ0v) is 12.7. The third kappa shape index (κ3) is 3.05. The van der Waals surface area contributed by atoms with Crippen molar-refractivity contribution in [1.29, 1.82) is 0 Å². The van der Waals surface area contributed by atoms with Gasteiger partial charge in [0, 0.05) is 17.6 Å². The molecule has 2 aromatic rings. The Morgan fingerprint density at radius 2 is 1.86 bits per heavy atom. The van der Waals surface area contributed by atoms with Crippen molar-refractivity contribution in [2.75, 3.05) is 5.73 Å². The van der Waals surface area contributed by atoms with Crippen molar-refractivity contribution < 1.29 is 8.42 Å². The Morgan fingerprint density at radius 3 is 2.52 bits per heavy atom. The molecule has 21 heavy (non-hydrogen) atoms. The predicted molar refractivity (Wildman–Crippen MR) is 83.8 cm³/mol. The lowest BCUT2D eigenvalue weighted by Crippen LogP contribution is -2.27. The third-order valence-corrected chi connectivity index (χ3v) is 5.54. The van der Waals surface area contributed by atoms with E-state index in [2.05, 4.69) is 4.72 Å². The molecule has 0 radical (unpaired) electrons. The molecule has 1 aliphatic rings. The molecule has 0 aromatic heterocycles. The number of nitrogens with two attached hydrogens (primary N) is 1. The molecule has 2 unspecified atom stereocenters. The van der Waals surface area contributed by atoms with Crippen LogP contribution >= 0.6 is 11.6 Å². The highest BCUT2D eigenvalue weighted by atomic mass is 35.5. The largest absolute Gasteiger partial charge is 0.399 e. The van der Waals surface area contributed by atoms with E-state index in [0.29, 0.717) is 5.69 Å². The lowest BCUT2D eigenvalue weighted by molar-refractivity contribution is 0.580. The van der Waals surface area contributed by atoms with E-state index in [-0.39, 0.29) is 21.9 Å². The second kappa shape index (κ2) is 5.33. The summed E-state index contributed by atoms with van der Waals surface area (Å²) in [5, 5.41) is 0.138. The molecule has 2 atom stereocenters. The van der Waals surface area contributed by atoms with Crippen LogP contribution in [0.5, 0.6) is 0 Å². The van der Waals surface area contributed by atoms with Gasteiger partial charge < -0.3 is 5.73 Å². The van der Waals surface area contributed by atoms with Crippen LogP contribution in [0.2, 0.25) is 5.02 Å². The third-order valence-electron chi connectivity index (χ3n) is 3.57. The standard InChI is InChI=1S/C15H15ClN2O2S/c16-13-8-11(17)6-7-15(13)21(19,20)18-14-9-12(14)10-4-2-1-3-5-10/h1-8,12,14,18H,9,17H2. The van der Waals surface area contributed by atoms with Crippen LogP contribution in [0.3, 0.4) is 0 Å². The van der Waals surface area contributed by atoms with Gasteiger partial charge in [0.2, 0.25) is 10.0 Å². The Balaban J connectivity index is 1.76. The second-order valence-corrected chi connectivity index (χ2v) is 7.26. The molecule has 2 aromatic carbocycles. The minimum Gasteiger partial charge on any atom is -0.399 e. The molecule has 1 fully saturated rings. The number of hydrogen-bond acceptors (Lipinski definition) is 3. The number of hydrogen-bond donors (Lipinski definition) is 2. The normalized spacial score (nSPS) is 21.2. The Hall–Kier alpha value is -1.56. The van der Waals surface area contributed by atoms with E-state index in [1.165, 1.54) is 18.2 Å². The average molecular weight is 323 g/mol. The summed E-state index contributed by atoms with van der Waals surface area (Å²) in [5.74, 6) is 0.230. The first-order chi connectivity index (χ1) is 9.97. The fourth-order valence-corrected chi connectivity index (χ4v) is 4.23. The van der Waals surface area contributed by atoms with Gasteiger partial charge in [-0.15, -0.1) is 0 Å². The highest BCUT2D eigenvalue weighted by molar-refractivity contribution is 7.89. The highest BCUT2D eigenvalue weighted by Crippen LogP contribution is 2.41. The number of halogens is 1.